The summed E-state index contributed by atoms with van der Waals surface area (Å²) in [5.41, 5.74) is 5.01. The van der Waals surface area contributed by atoms with Crippen LogP contribution in [0.15, 0.2) is 122 Å². The van der Waals surface area contributed by atoms with E-state index in [4.69, 9.17) is 14.2 Å². The SMILES string of the molecule is BrCc1ccccc1.COc1ccn(-c2ccc(F)cc2[C@@H](C)O)n1.COc1ccn(-c2ccc(F)cc2[C@@H](C)OCc2ccccc2)n1. The van der Waals surface area contributed by atoms with Gasteiger partial charge in [-0.05, 0) is 61.4 Å². The lowest BCUT2D eigenvalue weighted by Crippen LogP contribution is -2.07. The number of methoxy groups -OCH3 is 2. The summed E-state index contributed by atoms with van der Waals surface area (Å²) in [6.45, 7) is 3.95. The average Bonchev–Trinajstić information content (AvgIpc) is 3.82. The van der Waals surface area contributed by atoms with Crippen LogP contribution in [0.5, 0.6) is 11.8 Å². The van der Waals surface area contributed by atoms with E-state index in [-0.39, 0.29) is 17.7 Å². The zero-order chi connectivity index (χ0) is 35.2. The van der Waals surface area contributed by atoms with E-state index >= 15 is 0 Å². The number of hydrogen-bond donors (Lipinski definition) is 1. The molecule has 2 heterocycles. The van der Waals surface area contributed by atoms with E-state index in [1.807, 2.05) is 55.5 Å². The summed E-state index contributed by atoms with van der Waals surface area (Å²) in [6, 6.07) is 32.4. The molecule has 6 aromatic rings. The number of aliphatic hydroxyl groups excluding tert-OH is 1. The lowest BCUT2D eigenvalue weighted by atomic mass is 10.1. The highest BCUT2D eigenvalue weighted by Gasteiger charge is 2.16. The number of aromatic nitrogens is 4. The Morgan fingerprint density at radius 2 is 1.14 bits per heavy atom. The Bertz CT molecular complexity index is 1870. The maximum atomic E-state index is 13.7. The van der Waals surface area contributed by atoms with Crippen LogP contribution in [0.4, 0.5) is 8.78 Å². The molecule has 0 unspecified atom stereocenters. The van der Waals surface area contributed by atoms with E-state index in [1.165, 1.54) is 36.9 Å². The molecule has 0 aliphatic heterocycles. The molecule has 0 saturated carbocycles. The standard InChI is InChI=1S/C19H19FN2O2.C12H13FN2O2.C7H7Br/c1-14(24-13-15-6-4-3-5-7-15)17-12-16(20)8-9-18(17)22-11-10-19(21-22)23-2;1-8(16)10-7-9(13)3-4-11(10)15-6-5-12(14-15)17-2;8-6-7-4-2-1-3-5-7/h3-12,14H,13H2,1-2H3;3-8,16H,1-2H3;1-5H,6H2/t14-;8-;/m11./s1. The molecular formula is C38H39BrF2N4O4. The predicted molar refractivity (Wildman–Crippen MR) is 190 cm³/mol. The molecule has 0 saturated heterocycles. The first-order chi connectivity index (χ1) is 23.7. The van der Waals surface area contributed by atoms with E-state index < -0.39 is 6.10 Å². The third-order valence-electron chi connectivity index (χ3n) is 7.25. The van der Waals surface area contributed by atoms with Crippen molar-refractivity contribution >= 4 is 15.9 Å². The molecule has 0 radical (unpaired) electrons. The fraction of sp³-hybridized carbons (Fsp3) is 0.211. The van der Waals surface area contributed by atoms with Crippen molar-refractivity contribution in [2.24, 2.45) is 0 Å². The van der Waals surface area contributed by atoms with Crippen LogP contribution in [-0.4, -0.2) is 38.9 Å². The van der Waals surface area contributed by atoms with E-state index in [2.05, 4.69) is 38.3 Å². The highest BCUT2D eigenvalue weighted by atomic mass is 79.9. The molecule has 256 valence electrons. The number of rotatable bonds is 10. The molecule has 8 nitrogen and oxygen atoms in total. The molecule has 0 amide bonds. The fourth-order valence-corrected chi connectivity index (χ4v) is 5.05. The van der Waals surface area contributed by atoms with E-state index in [0.29, 0.717) is 29.6 Å². The largest absolute Gasteiger partial charge is 0.480 e. The molecule has 0 spiro atoms. The quantitative estimate of drug-likeness (QED) is 0.142. The third kappa shape index (κ3) is 10.8. The minimum Gasteiger partial charge on any atom is -0.480 e. The zero-order valence-corrected chi connectivity index (χ0v) is 29.3. The number of ether oxygens (including phenoxy) is 3. The Morgan fingerprint density at radius 1 is 0.673 bits per heavy atom. The van der Waals surface area contributed by atoms with Gasteiger partial charge >= 0.3 is 0 Å². The van der Waals surface area contributed by atoms with Crippen molar-refractivity contribution in [3.63, 3.8) is 0 Å². The lowest BCUT2D eigenvalue weighted by Gasteiger charge is -2.17. The van der Waals surface area contributed by atoms with Gasteiger partial charge in [0.05, 0.1) is 44.4 Å². The highest BCUT2D eigenvalue weighted by molar-refractivity contribution is 9.08. The number of aliphatic hydroxyl groups is 1. The molecule has 2 aromatic heterocycles. The van der Waals surface area contributed by atoms with E-state index in [0.717, 1.165) is 22.1 Å². The summed E-state index contributed by atoms with van der Waals surface area (Å²) in [5.74, 6) is 0.279. The summed E-state index contributed by atoms with van der Waals surface area (Å²) < 4.78 is 46.1. The van der Waals surface area contributed by atoms with Crippen LogP contribution >= 0.6 is 15.9 Å². The maximum Gasteiger partial charge on any atom is 0.232 e. The average molecular weight is 734 g/mol. The van der Waals surface area contributed by atoms with Gasteiger partial charge in [-0.2, -0.15) is 0 Å². The van der Waals surface area contributed by atoms with Crippen molar-refractivity contribution in [3.05, 3.63) is 155 Å². The molecule has 0 aliphatic rings. The molecule has 6 rings (SSSR count). The second-order valence-electron chi connectivity index (χ2n) is 10.7. The van der Waals surface area contributed by atoms with Crippen molar-refractivity contribution in [1.82, 2.24) is 19.6 Å². The fourth-order valence-electron chi connectivity index (χ4n) is 4.68. The Morgan fingerprint density at radius 3 is 1.57 bits per heavy atom. The van der Waals surface area contributed by atoms with Crippen molar-refractivity contribution in [3.8, 4) is 23.1 Å². The van der Waals surface area contributed by atoms with Crippen molar-refractivity contribution < 1.29 is 28.1 Å². The molecule has 2 atom stereocenters. The Hall–Kier alpha value is -4.84. The van der Waals surface area contributed by atoms with Gasteiger partial charge in [0.25, 0.3) is 0 Å². The van der Waals surface area contributed by atoms with Crippen LogP contribution in [0.25, 0.3) is 11.4 Å². The van der Waals surface area contributed by atoms with E-state index in [1.54, 1.807) is 60.1 Å². The topological polar surface area (TPSA) is 83.6 Å². The molecule has 1 N–H and O–H groups in total. The van der Waals surface area contributed by atoms with Gasteiger partial charge in [0.1, 0.15) is 11.6 Å². The highest BCUT2D eigenvalue weighted by Crippen LogP contribution is 2.27. The molecule has 0 bridgehead atoms. The Kier molecular flexibility index (Phi) is 14.1. The van der Waals surface area contributed by atoms with Crippen molar-refractivity contribution in [1.29, 1.82) is 0 Å². The van der Waals surface area contributed by atoms with Crippen molar-refractivity contribution in [2.45, 2.75) is 38.0 Å². The summed E-state index contributed by atoms with van der Waals surface area (Å²) in [5, 5.41) is 19.0. The number of alkyl halides is 1. The first-order valence-corrected chi connectivity index (χ1v) is 16.6. The summed E-state index contributed by atoms with van der Waals surface area (Å²) >= 11 is 3.36. The molecule has 0 aliphatic carbocycles. The van der Waals surface area contributed by atoms with Gasteiger partial charge in [-0.3, -0.25) is 0 Å². The molecule has 0 fully saturated rings. The Balaban J connectivity index is 0.000000187. The van der Waals surface area contributed by atoms with E-state index in [9.17, 15) is 13.9 Å². The lowest BCUT2D eigenvalue weighted by molar-refractivity contribution is 0.0522. The van der Waals surface area contributed by atoms with Gasteiger partial charge < -0.3 is 19.3 Å². The van der Waals surface area contributed by atoms with Crippen LogP contribution in [0.1, 0.15) is 48.3 Å². The van der Waals surface area contributed by atoms with Crippen LogP contribution in [0, 0.1) is 11.6 Å². The summed E-state index contributed by atoms with van der Waals surface area (Å²) in [6.07, 6.45) is 2.42. The number of hydrogen-bond acceptors (Lipinski definition) is 6. The first-order valence-electron chi connectivity index (χ1n) is 15.4. The number of benzene rings is 4. The maximum absolute atomic E-state index is 13.7. The smallest absolute Gasteiger partial charge is 0.232 e. The number of nitrogens with zero attached hydrogens (tertiary/aromatic N) is 4. The predicted octanol–water partition coefficient (Wildman–Crippen LogP) is 8.95. The molecule has 11 heteroatoms. The summed E-state index contributed by atoms with van der Waals surface area (Å²) in [7, 11) is 3.08. The van der Waals surface area contributed by atoms with Crippen LogP contribution in [-0.2, 0) is 16.7 Å². The third-order valence-corrected chi connectivity index (χ3v) is 7.90. The van der Waals surface area contributed by atoms with Gasteiger partial charge in [0.2, 0.25) is 11.8 Å². The second kappa shape index (κ2) is 18.6. The minimum absolute atomic E-state index is 0.286. The second-order valence-corrected chi connectivity index (χ2v) is 11.3. The van der Waals surface area contributed by atoms with Crippen LogP contribution in [0.3, 0.4) is 0 Å². The normalized spacial score (nSPS) is 11.8. The van der Waals surface area contributed by atoms with Crippen LogP contribution < -0.4 is 9.47 Å². The first kappa shape index (κ1) is 37.0. The van der Waals surface area contributed by atoms with Gasteiger partial charge in [0, 0.05) is 41.0 Å². The minimum atomic E-state index is -0.768. The molecule has 4 aromatic carbocycles. The molecular weight excluding hydrogens is 694 g/mol. The van der Waals surface area contributed by atoms with Gasteiger partial charge in [0.15, 0.2) is 0 Å². The molecule has 49 heavy (non-hydrogen) atoms. The van der Waals surface area contributed by atoms with Gasteiger partial charge in [-0.1, -0.05) is 76.6 Å². The number of halogens is 3. The van der Waals surface area contributed by atoms with Gasteiger partial charge in [-0.15, -0.1) is 10.2 Å². The van der Waals surface area contributed by atoms with Gasteiger partial charge in [-0.25, -0.2) is 18.1 Å². The zero-order valence-electron chi connectivity index (χ0n) is 27.7. The van der Waals surface area contributed by atoms with Crippen molar-refractivity contribution in [2.75, 3.05) is 14.2 Å². The van der Waals surface area contributed by atoms with Crippen LogP contribution in [0.2, 0.25) is 0 Å². The monoisotopic (exact) mass is 732 g/mol. The summed E-state index contributed by atoms with van der Waals surface area (Å²) in [4.78, 5) is 0. The Labute approximate surface area is 293 Å².